The van der Waals surface area contributed by atoms with Gasteiger partial charge in [0.1, 0.15) is 11.4 Å². The van der Waals surface area contributed by atoms with Crippen molar-refractivity contribution in [2.45, 2.75) is 23.2 Å². The number of rotatable bonds is 3. The molecule has 3 aromatic rings. The zero-order chi connectivity index (χ0) is 24.3. The highest BCUT2D eigenvalue weighted by atomic mass is 35.5. The molecular weight excluding hydrogens is 454 g/mol. The predicted octanol–water partition coefficient (Wildman–Crippen LogP) is 2.31. The number of nitrogens with zero attached hydrogens (tertiary/aromatic N) is 3. The summed E-state index contributed by atoms with van der Waals surface area (Å²) in [6.45, 7) is 0. The van der Waals surface area contributed by atoms with Gasteiger partial charge in [0, 0.05) is 31.8 Å². The van der Waals surface area contributed by atoms with Crippen LogP contribution in [0.1, 0.15) is 28.2 Å². The van der Waals surface area contributed by atoms with Crippen molar-refractivity contribution in [2.24, 2.45) is 5.92 Å². The highest BCUT2D eigenvalue weighted by Gasteiger charge is 2.72. The molecule has 1 fully saturated rings. The Bertz CT molecular complexity index is 1310. The molecule has 1 aliphatic carbocycles. The van der Waals surface area contributed by atoms with E-state index in [0.717, 1.165) is 0 Å². The first-order valence-corrected chi connectivity index (χ1v) is 11.1. The zero-order valence-electron chi connectivity index (χ0n) is 18.5. The number of ether oxygens (including phenoxy) is 1. The van der Waals surface area contributed by atoms with Crippen LogP contribution in [-0.4, -0.2) is 41.1 Å². The van der Waals surface area contributed by atoms with E-state index in [0.29, 0.717) is 16.7 Å². The lowest BCUT2D eigenvalue weighted by Gasteiger charge is -2.49. The summed E-state index contributed by atoms with van der Waals surface area (Å²) < 4.78 is 6.49. The third kappa shape index (κ3) is 2.77. The highest BCUT2D eigenvalue weighted by molar-refractivity contribution is 6.31. The van der Waals surface area contributed by atoms with Gasteiger partial charge in [-0.2, -0.15) is 5.26 Å². The van der Waals surface area contributed by atoms with Crippen LogP contribution in [0.4, 0.5) is 0 Å². The van der Waals surface area contributed by atoms with Crippen molar-refractivity contribution in [3.8, 4) is 11.8 Å². The fourth-order valence-corrected chi connectivity index (χ4v) is 5.85. The van der Waals surface area contributed by atoms with Crippen LogP contribution < -0.4 is 9.84 Å². The average Bonchev–Trinajstić information content (AvgIpc) is 3.23. The molecule has 5 atom stereocenters. The molecule has 2 aromatic carbocycles. The summed E-state index contributed by atoms with van der Waals surface area (Å²) in [5.74, 6) is -2.19. The minimum atomic E-state index is -2.33. The number of fused-ring (bicyclic) bond motifs is 3. The van der Waals surface area contributed by atoms with Crippen LogP contribution in [0.5, 0.6) is 5.75 Å². The standard InChI is InChI=1S/C26H21ClN3O4/c1-30(2)24(32)20-21(16-6-4-3-5-7-16)26(17-10-8-15(12-28)9-11-17)25(33,23(20)31)22-18(27)13-29-14-19(22)34-26/h3-11,13-14,20-21,23,31H,1-2H3/q-1/t20-,21-,23-,25+,26+/m1/s1. The number of nitriles is 1. The average molecular weight is 475 g/mol. The van der Waals surface area contributed by atoms with Crippen molar-refractivity contribution in [3.63, 3.8) is 0 Å². The van der Waals surface area contributed by atoms with Gasteiger partial charge in [-0.05, 0) is 28.9 Å². The monoisotopic (exact) mass is 474 g/mol. The van der Waals surface area contributed by atoms with Gasteiger partial charge in [0.2, 0.25) is 5.91 Å². The van der Waals surface area contributed by atoms with Crippen molar-refractivity contribution >= 4 is 17.5 Å². The Kier molecular flexibility index (Phi) is 5.14. The molecule has 0 radical (unpaired) electrons. The molecule has 8 heteroatoms. The first-order chi connectivity index (χ1) is 16.3. The summed E-state index contributed by atoms with van der Waals surface area (Å²) in [7, 11) is 3.17. The Morgan fingerprint density at radius 2 is 1.85 bits per heavy atom. The first kappa shape index (κ1) is 22.4. The molecular formula is C26H21ClN3O4-. The molecule has 34 heavy (non-hydrogen) atoms. The Balaban J connectivity index is 1.88. The lowest BCUT2D eigenvalue weighted by Crippen LogP contribution is -2.60. The lowest BCUT2D eigenvalue weighted by atomic mass is 9.70. The fourth-order valence-electron chi connectivity index (χ4n) is 5.56. The molecule has 1 saturated carbocycles. The summed E-state index contributed by atoms with van der Waals surface area (Å²) in [5, 5.41) is 36.2. The van der Waals surface area contributed by atoms with Crippen LogP contribution >= 0.6 is 11.6 Å². The Labute approximate surface area is 201 Å². The Hall–Kier alpha value is -3.44. The van der Waals surface area contributed by atoms with E-state index >= 15 is 5.11 Å². The van der Waals surface area contributed by atoms with Crippen LogP contribution in [0.15, 0.2) is 67.0 Å². The van der Waals surface area contributed by atoms with Gasteiger partial charge in [0.05, 0.1) is 34.9 Å². The number of carbonyl (C=O) groups excluding carboxylic acids is 1. The Morgan fingerprint density at radius 1 is 1.18 bits per heavy atom. The Morgan fingerprint density at radius 3 is 2.47 bits per heavy atom. The third-order valence-corrected chi connectivity index (χ3v) is 7.23. The highest BCUT2D eigenvalue weighted by Crippen LogP contribution is 2.68. The number of carbonyl (C=O) groups is 1. The maximum absolute atomic E-state index is 15.1. The number of hydrogen-bond acceptors (Lipinski definition) is 6. The SMILES string of the molecule is CN(C)C(=O)[C@H]1[C@@H](O)[C@@]2([O-])c3c(Cl)cncc3O[C@@]2(c2ccc(C#N)cc2)[C@@H]1c1ccccc1. The van der Waals surface area contributed by atoms with Crippen molar-refractivity contribution in [3.05, 3.63) is 94.3 Å². The topological polar surface area (TPSA) is 110 Å². The first-order valence-electron chi connectivity index (χ1n) is 10.8. The van der Waals surface area contributed by atoms with E-state index in [4.69, 9.17) is 16.3 Å². The summed E-state index contributed by atoms with van der Waals surface area (Å²) in [5.41, 5.74) is -2.46. The molecule has 0 unspecified atom stereocenters. The molecule has 0 spiro atoms. The van der Waals surface area contributed by atoms with Gasteiger partial charge in [-0.25, -0.2) is 0 Å². The van der Waals surface area contributed by atoms with Crippen molar-refractivity contribution in [2.75, 3.05) is 14.1 Å². The third-order valence-electron chi connectivity index (χ3n) is 6.94. The number of pyridine rings is 1. The molecule has 1 N–H and O–H groups in total. The summed E-state index contributed by atoms with van der Waals surface area (Å²) in [6.07, 6.45) is 1.08. The number of aliphatic hydroxyl groups is 1. The maximum atomic E-state index is 15.1. The number of aromatic nitrogens is 1. The largest absolute Gasteiger partial charge is 0.841 e. The van der Waals surface area contributed by atoms with Crippen LogP contribution in [0, 0.1) is 17.2 Å². The van der Waals surface area contributed by atoms with Crippen molar-refractivity contribution < 1.29 is 19.7 Å². The van der Waals surface area contributed by atoms with Crippen molar-refractivity contribution in [1.29, 1.82) is 5.26 Å². The fraction of sp³-hybridized carbons (Fsp3) is 0.269. The van der Waals surface area contributed by atoms with E-state index < -0.39 is 35.0 Å². The summed E-state index contributed by atoms with van der Waals surface area (Å²) >= 11 is 6.48. The molecule has 1 aromatic heterocycles. The molecule has 2 heterocycles. The van der Waals surface area contributed by atoms with Gasteiger partial charge in [-0.1, -0.05) is 54.1 Å². The lowest BCUT2D eigenvalue weighted by molar-refractivity contribution is -0.527. The normalized spacial score (nSPS) is 29.0. The number of aliphatic hydroxyl groups excluding tert-OH is 1. The minimum absolute atomic E-state index is 0.0619. The molecule has 1 amide bonds. The minimum Gasteiger partial charge on any atom is -0.841 e. The molecule has 2 aliphatic rings. The maximum Gasteiger partial charge on any atom is 0.228 e. The second-order valence-electron chi connectivity index (χ2n) is 8.85. The number of amides is 1. The van der Waals surface area contributed by atoms with Gasteiger partial charge in [-0.15, -0.1) is 0 Å². The van der Waals surface area contributed by atoms with E-state index in [1.165, 1.54) is 17.3 Å². The van der Waals surface area contributed by atoms with Crippen molar-refractivity contribution in [1.82, 2.24) is 9.88 Å². The molecule has 5 rings (SSSR count). The van der Waals surface area contributed by atoms with Crippen LogP contribution in [0.25, 0.3) is 0 Å². The van der Waals surface area contributed by atoms with E-state index in [2.05, 4.69) is 11.1 Å². The van der Waals surface area contributed by atoms with Crippen LogP contribution in [-0.2, 0) is 16.0 Å². The summed E-state index contributed by atoms with van der Waals surface area (Å²) in [4.78, 5) is 18.9. The van der Waals surface area contributed by atoms with Gasteiger partial charge in [-0.3, -0.25) is 9.78 Å². The van der Waals surface area contributed by atoms with Crippen LogP contribution in [0.3, 0.4) is 0 Å². The molecule has 172 valence electrons. The quantitative estimate of drug-likeness (QED) is 0.623. The molecule has 0 saturated heterocycles. The molecule has 1 aliphatic heterocycles. The smallest absolute Gasteiger partial charge is 0.228 e. The van der Waals surface area contributed by atoms with E-state index in [1.807, 2.05) is 30.3 Å². The zero-order valence-corrected chi connectivity index (χ0v) is 19.2. The van der Waals surface area contributed by atoms with Gasteiger partial charge in [0.15, 0.2) is 0 Å². The van der Waals surface area contributed by atoms with E-state index in [1.54, 1.807) is 38.4 Å². The number of halogens is 1. The van der Waals surface area contributed by atoms with Gasteiger partial charge < -0.3 is 19.8 Å². The molecule has 0 bridgehead atoms. The van der Waals surface area contributed by atoms with E-state index in [9.17, 15) is 15.2 Å². The predicted molar refractivity (Wildman–Crippen MR) is 122 cm³/mol. The second kappa shape index (κ2) is 7.81. The number of hydrogen-bond donors (Lipinski definition) is 1. The van der Waals surface area contributed by atoms with E-state index in [-0.39, 0.29) is 16.3 Å². The second-order valence-corrected chi connectivity index (χ2v) is 9.26. The van der Waals surface area contributed by atoms with Crippen LogP contribution in [0.2, 0.25) is 5.02 Å². The number of benzene rings is 2. The summed E-state index contributed by atoms with van der Waals surface area (Å²) in [6, 6.07) is 17.6. The van der Waals surface area contributed by atoms with Gasteiger partial charge in [0.25, 0.3) is 0 Å². The molecule has 7 nitrogen and oxygen atoms in total. The van der Waals surface area contributed by atoms with Gasteiger partial charge >= 0.3 is 0 Å².